The van der Waals surface area contributed by atoms with E-state index in [2.05, 4.69) is 4.74 Å². The van der Waals surface area contributed by atoms with Gasteiger partial charge in [0, 0.05) is 6.42 Å². The molecule has 0 saturated heterocycles. The maximum atomic E-state index is 11.7. The third kappa shape index (κ3) is 2.29. The van der Waals surface area contributed by atoms with E-state index in [0.29, 0.717) is 19.3 Å². The summed E-state index contributed by atoms with van der Waals surface area (Å²) < 4.78 is 4.38. The van der Waals surface area contributed by atoms with Gasteiger partial charge >= 0.3 is 12.1 Å². The predicted octanol–water partition coefficient (Wildman–Crippen LogP) is 0.495. The molecule has 0 saturated carbocycles. The Balaban J connectivity index is 2.20. The number of nitrogens with two attached hydrogens (primary N) is 2. The molecule has 1 amide bonds. The molecule has 1 aromatic carbocycles. The van der Waals surface area contributed by atoms with Crippen molar-refractivity contribution in [3.63, 3.8) is 0 Å². The molecule has 4 N–H and O–H groups in total. The molecule has 1 aliphatic carbocycles. The Hall–Kier alpha value is -1.88. The molecule has 0 heterocycles. The molecule has 0 aliphatic heterocycles. The van der Waals surface area contributed by atoms with Crippen LogP contribution in [-0.2, 0) is 22.4 Å². The Kier molecular flexibility index (Phi) is 2.85. The molecule has 0 spiro atoms. The first-order valence-corrected chi connectivity index (χ1v) is 5.39. The van der Waals surface area contributed by atoms with Gasteiger partial charge < -0.3 is 16.2 Å². The van der Waals surface area contributed by atoms with Crippen LogP contribution in [0.2, 0.25) is 0 Å². The van der Waals surface area contributed by atoms with E-state index in [1.807, 2.05) is 24.3 Å². The summed E-state index contributed by atoms with van der Waals surface area (Å²) in [6.07, 6.45) is 0.407. The lowest BCUT2D eigenvalue weighted by atomic mass is 9.79. The monoisotopic (exact) mass is 234 g/mol. The van der Waals surface area contributed by atoms with Crippen LogP contribution in [0.15, 0.2) is 24.3 Å². The van der Waals surface area contributed by atoms with Gasteiger partial charge in [0.15, 0.2) is 0 Å². The van der Waals surface area contributed by atoms with Crippen LogP contribution in [-0.4, -0.2) is 17.6 Å². The van der Waals surface area contributed by atoms with E-state index >= 15 is 0 Å². The summed E-state index contributed by atoms with van der Waals surface area (Å²) in [6, 6.07) is 7.77. The molecule has 1 aromatic rings. The molecule has 1 aliphatic rings. The number of esters is 1. The van der Waals surface area contributed by atoms with Gasteiger partial charge in [0.25, 0.3) is 0 Å². The largest absolute Gasteiger partial charge is 0.412 e. The predicted molar refractivity (Wildman–Crippen MR) is 61.1 cm³/mol. The number of fused-ring (bicyclic) bond motifs is 1. The average Bonchev–Trinajstić information content (AvgIpc) is 2.28. The number of hydrogen-bond acceptors (Lipinski definition) is 4. The third-order valence-corrected chi connectivity index (χ3v) is 3.06. The van der Waals surface area contributed by atoms with Gasteiger partial charge in [-0.05, 0) is 24.0 Å². The normalized spacial score (nSPS) is 22.6. The van der Waals surface area contributed by atoms with E-state index in [9.17, 15) is 9.59 Å². The second kappa shape index (κ2) is 4.18. The Labute approximate surface area is 98.7 Å². The zero-order valence-corrected chi connectivity index (χ0v) is 9.31. The van der Waals surface area contributed by atoms with Crippen molar-refractivity contribution < 1.29 is 14.3 Å². The summed E-state index contributed by atoms with van der Waals surface area (Å²) in [4.78, 5) is 22.3. The van der Waals surface area contributed by atoms with Crippen molar-refractivity contribution >= 4 is 12.1 Å². The second-order valence-corrected chi connectivity index (χ2v) is 4.31. The zero-order valence-electron chi connectivity index (χ0n) is 9.31. The number of hydrogen-bond donors (Lipinski definition) is 2. The minimum atomic E-state index is -1.15. The SMILES string of the molecule is NC(=O)OC(=O)C1(N)CCc2ccccc2C1. The smallest absolute Gasteiger partial charge is 0.375 e. The zero-order chi connectivity index (χ0) is 12.5. The molecule has 0 bridgehead atoms. The third-order valence-electron chi connectivity index (χ3n) is 3.06. The number of aryl methyl sites for hydroxylation is 1. The van der Waals surface area contributed by atoms with Gasteiger partial charge in [0.2, 0.25) is 0 Å². The number of benzene rings is 1. The minimum Gasteiger partial charge on any atom is -0.375 e. The number of primary amides is 1. The number of carbonyl (C=O) groups excluding carboxylic acids is 2. The number of amides is 1. The van der Waals surface area contributed by atoms with Crippen LogP contribution < -0.4 is 11.5 Å². The summed E-state index contributed by atoms with van der Waals surface area (Å²) in [5, 5.41) is 0. The van der Waals surface area contributed by atoms with E-state index in [-0.39, 0.29) is 0 Å². The summed E-state index contributed by atoms with van der Waals surface area (Å²) >= 11 is 0. The molecule has 90 valence electrons. The molecular weight excluding hydrogens is 220 g/mol. The van der Waals surface area contributed by atoms with E-state index in [4.69, 9.17) is 11.5 Å². The maximum Gasteiger partial charge on any atom is 0.412 e. The maximum absolute atomic E-state index is 11.7. The molecule has 1 atom stereocenters. The van der Waals surface area contributed by atoms with Gasteiger partial charge in [-0.2, -0.15) is 0 Å². The van der Waals surface area contributed by atoms with Crippen LogP contribution in [0.5, 0.6) is 0 Å². The van der Waals surface area contributed by atoms with E-state index < -0.39 is 17.6 Å². The molecule has 17 heavy (non-hydrogen) atoms. The Morgan fingerprint density at radius 3 is 2.53 bits per heavy atom. The molecule has 0 aromatic heterocycles. The molecule has 0 fully saturated rings. The molecule has 5 heteroatoms. The number of rotatable bonds is 1. The van der Waals surface area contributed by atoms with Crippen LogP contribution >= 0.6 is 0 Å². The fourth-order valence-electron chi connectivity index (χ4n) is 2.13. The Morgan fingerprint density at radius 1 is 1.24 bits per heavy atom. The lowest BCUT2D eigenvalue weighted by molar-refractivity contribution is -0.143. The lowest BCUT2D eigenvalue weighted by Crippen LogP contribution is -2.53. The van der Waals surface area contributed by atoms with Crippen molar-refractivity contribution in [3.05, 3.63) is 35.4 Å². The first kappa shape index (κ1) is 11.6. The highest BCUT2D eigenvalue weighted by Gasteiger charge is 2.39. The number of ether oxygens (including phenoxy) is 1. The molecule has 1 unspecified atom stereocenters. The van der Waals surface area contributed by atoms with Crippen LogP contribution in [0.3, 0.4) is 0 Å². The van der Waals surface area contributed by atoms with Gasteiger partial charge in [-0.25, -0.2) is 9.59 Å². The highest BCUT2D eigenvalue weighted by molar-refractivity contribution is 5.90. The standard InChI is InChI=1S/C12H14N2O3/c13-11(16)17-10(15)12(14)6-5-8-3-1-2-4-9(8)7-12/h1-4H,5-7,14H2,(H2,13,16). The first-order valence-electron chi connectivity index (χ1n) is 5.39. The van der Waals surface area contributed by atoms with Crippen molar-refractivity contribution in [2.24, 2.45) is 11.5 Å². The lowest BCUT2D eigenvalue weighted by Gasteiger charge is -2.31. The summed E-state index contributed by atoms with van der Waals surface area (Å²) in [5.41, 5.74) is 11.8. The van der Waals surface area contributed by atoms with Crippen LogP contribution in [0.25, 0.3) is 0 Å². The number of carbonyl (C=O) groups is 2. The van der Waals surface area contributed by atoms with E-state index in [1.165, 1.54) is 5.56 Å². The van der Waals surface area contributed by atoms with Crippen LogP contribution in [0.4, 0.5) is 4.79 Å². The highest BCUT2D eigenvalue weighted by Crippen LogP contribution is 2.27. The van der Waals surface area contributed by atoms with Gasteiger partial charge in [0.1, 0.15) is 5.54 Å². The summed E-state index contributed by atoms with van der Waals surface area (Å²) in [7, 11) is 0. The average molecular weight is 234 g/mol. The van der Waals surface area contributed by atoms with Crippen LogP contribution in [0, 0.1) is 0 Å². The Morgan fingerprint density at radius 2 is 1.88 bits per heavy atom. The van der Waals surface area contributed by atoms with Crippen molar-refractivity contribution in [1.29, 1.82) is 0 Å². The van der Waals surface area contributed by atoms with E-state index in [0.717, 1.165) is 5.56 Å². The second-order valence-electron chi connectivity index (χ2n) is 4.31. The molecule has 0 radical (unpaired) electrons. The summed E-state index contributed by atoms with van der Waals surface area (Å²) in [5.74, 6) is -0.750. The van der Waals surface area contributed by atoms with Crippen LogP contribution in [0.1, 0.15) is 17.5 Å². The molecular formula is C12H14N2O3. The van der Waals surface area contributed by atoms with Crippen molar-refractivity contribution in [3.8, 4) is 0 Å². The van der Waals surface area contributed by atoms with Crippen molar-refractivity contribution in [2.45, 2.75) is 24.8 Å². The quantitative estimate of drug-likeness (QED) is 0.546. The van der Waals surface area contributed by atoms with E-state index in [1.54, 1.807) is 0 Å². The fourth-order valence-corrected chi connectivity index (χ4v) is 2.13. The highest BCUT2D eigenvalue weighted by atomic mass is 16.6. The minimum absolute atomic E-state index is 0.370. The van der Waals surface area contributed by atoms with Crippen molar-refractivity contribution in [1.82, 2.24) is 0 Å². The van der Waals surface area contributed by atoms with Gasteiger partial charge in [0.05, 0.1) is 0 Å². The van der Waals surface area contributed by atoms with Crippen molar-refractivity contribution in [2.75, 3.05) is 0 Å². The Bertz CT molecular complexity index is 473. The fraction of sp³-hybridized carbons (Fsp3) is 0.333. The summed E-state index contributed by atoms with van der Waals surface area (Å²) in [6.45, 7) is 0. The van der Waals surface area contributed by atoms with Gasteiger partial charge in [-0.1, -0.05) is 24.3 Å². The first-order chi connectivity index (χ1) is 8.01. The topological polar surface area (TPSA) is 95.4 Å². The van der Waals surface area contributed by atoms with Gasteiger partial charge in [-0.3, -0.25) is 0 Å². The van der Waals surface area contributed by atoms with Gasteiger partial charge in [-0.15, -0.1) is 0 Å². The molecule has 2 rings (SSSR count). The molecule has 5 nitrogen and oxygen atoms in total.